The van der Waals surface area contributed by atoms with Crippen LogP contribution in [0.2, 0.25) is 0 Å². The molecule has 2 aromatic heterocycles. The van der Waals surface area contributed by atoms with Crippen LogP contribution in [0.1, 0.15) is 0 Å². The van der Waals surface area contributed by atoms with Crippen LogP contribution in [-0.2, 0) is 0 Å². The summed E-state index contributed by atoms with van der Waals surface area (Å²) in [5.74, 6) is -0.616. The molecule has 0 radical (unpaired) electrons. The van der Waals surface area contributed by atoms with E-state index in [1.54, 1.807) is 18.2 Å². The number of nitrogens with zero attached hydrogens (tertiary/aromatic N) is 3. The number of rotatable bonds is 3. The highest BCUT2D eigenvalue weighted by atomic mass is 19.3. The van der Waals surface area contributed by atoms with Crippen molar-refractivity contribution in [2.45, 2.75) is 6.61 Å². The minimum Gasteiger partial charge on any atom is -0.430 e. The van der Waals surface area contributed by atoms with E-state index in [0.29, 0.717) is 5.56 Å². The summed E-state index contributed by atoms with van der Waals surface area (Å²) < 4.78 is 44.0. The van der Waals surface area contributed by atoms with Gasteiger partial charge >= 0.3 is 6.61 Å². The fourth-order valence-electron chi connectivity index (χ4n) is 1.90. The van der Waals surface area contributed by atoms with Gasteiger partial charge in [0.25, 0.3) is 0 Å². The van der Waals surface area contributed by atoms with E-state index in [2.05, 4.69) is 14.9 Å². The highest BCUT2D eigenvalue weighted by Gasteiger charge is 2.20. The summed E-state index contributed by atoms with van der Waals surface area (Å²) in [4.78, 5) is 0. The molecule has 0 saturated heterocycles. The van der Waals surface area contributed by atoms with Crippen molar-refractivity contribution in [1.29, 1.82) is 0 Å². The van der Waals surface area contributed by atoms with Gasteiger partial charge < -0.3 is 4.74 Å². The maximum absolute atomic E-state index is 13.3. The van der Waals surface area contributed by atoms with Gasteiger partial charge in [0, 0.05) is 11.8 Å². The second-order valence-corrected chi connectivity index (χ2v) is 3.96. The summed E-state index contributed by atoms with van der Waals surface area (Å²) in [5.41, 5.74) is 0.738. The number of hydrogen-bond donors (Lipinski definition) is 0. The van der Waals surface area contributed by atoms with Crippen LogP contribution in [0.25, 0.3) is 16.8 Å². The first-order valence-corrected chi connectivity index (χ1v) is 5.70. The minimum absolute atomic E-state index is 0.114. The van der Waals surface area contributed by atoms with Crippen LogP contribution in [0.5, 0.6) is 5.75 Å². The fourth-order valence-corrected chi connectivity index (χ4v) is 1.90. The monoisotopic (exact) mass is 279 g/mol. The SMILES string of the molecule is Fc1cccc(-c2nn3ncccc3c2OC(F)F)c1. The lowest BCUT2D eigenvalue weighted by atomic mass is 10.1. The summed E-state index contributed by atoms with van der Waals surface area (Å²) >= 11 is 0. The van der Waals surface area contributed by atoms with Crippen molar-refractivity contribution in [2.24, 2.45) is 0 Å². The van der Waals surface area contributed by atoms with Gasteiger partial charge in [-0.05, 0) is 24.3 Å². The third-order valence-corrected chi connectivity index (χ3v) is 2.68. The van der Waals surface area contributed by atoms with Gasteiger partial charge in [0.15, 0.2) is 5.75 Å². The van der Waals surface area contributed by atoms with Gasteiger partial charge in [0.05, 0.1) is 0 Å². The molecule has 3 aromatic rings. The number of benzene rings is 1. The van der Waals surface area contributed by atoms with Crippen LogP contribution < -0.4 is 4.74 Å². The Hall–Kier alpha value is -2.57. The number of fused-ring (bicyclic) bond motifs is 1. The van der Waals surface area contributed by atoms with Crippen LogP contribution in [0.4, 0.5) is 13.2 Å². The Balaban J connectivity index is 2.23. The Kier molecular flexibility index (Phi) is 3.02. The molecule has 102 valence electrons. The Bertz CT molecular complexity index is 757. The van der Waals surface area contributed by atoms with Crippen molar-refractivity contribution in [2.75, 3.05) is 0 Å². The first-order valence-electron chi connectivity index (χ1n) is 5.70. The number of aromatic nitrogens is 3. The van der Waals surface area contributed by atoms with E-state index in [1.165, 1.54) is 24.4 Å². The number of halogens is 3. The molecule has 0 spiro atoms. The third-order valence-electron chi connectivity index (χ3n) is 2.68. The average Bonchev–Trinajstić information content (AvgIpc) is 2.77. The van der Waals surface area contributed by atoms with Crippen LogP contribution in [-0.4, -0.2) is 21.4 Å². The quantitative estimate of drug-likeness (QED) is 0.739. The van der Waals surface area contributed by atoms with E-state index in [9.17, 15) is 13.2 Å². The van der Waals surface area contributed by atoms with Crippen molar-refractivity contribution in [3.8, 4) is 17.0 Å². The van der Waals surface area contributed by atoms with Crippen molar-refractivity contribution >= 4 is 5.52 Å². The van der Waals surface area contributed by atoms with Crippen molar-refractivity contribution < 1.29 is 17.9 Å². The molecule has 0 atom stereocenters. The normalized spacial score (nSPS) is 11.2. The lowest BCUT2D eigenvalue weighted by Crippen LogP contribution is -2.02. The highest BCUT2D eigenvalue weighted by Crippen LogP contribution is 2.34. The summed E-state index contributed by atoms with van der Waals surface area (Å²) in [6.45, 7) is -3.00. The van der Waals surface area contributed by atoms with Gasteiger partial charge in [-0.3, -0.25) is 0 Å². The number of ether oxygens (including phenoxy) is 1. The molecule has 20 heavy (non-hydrogen) atoms. The van der Waals surface area contributed by atoms with E-state index < -0.39 is 12.4 Å². The van der Waals surface area contributed by atoms with Crippen LogP contribution in [0.15, 0.2) is 42.6 Å². The molecule has 4 nitrogen and oxygen atoms in total. The van der Waals surface area contributed by atoms with Gasteiger partial charge in [-0.15, -0.1) is 9.73 Å². The van der Waals surface area contributed by atoms with Gasteiger partial charge in [-0.1, -0.05) is 12.1 Å². The zero-order valence-corrected chi connectivity index (χ0v) is 10.0. The third kappa shape index (κ3) is 2.18. The second kappa shape index (κ2) is 4.84. The summed E-state index contributed by atoms with van der Waals surface area (Å²) in [6.07, 6.45) is 1.46. The van der Waals surface area contributed by atoms with Gasteiger partial charge in [-0.25, -0.2) is 4.39 Å². The molecule has 0 aliphatic heterocycles. The molecule has 0 N–H and O–H groups in total. The lowest BCUT2D eigenvalue weighted by molar-refractivity contribution is -0.0484. The Morgan fingerprint density at radius 1 is 1.15 bits per heavy atom. The molecule has 0 aliphatic carbocycles. The van der Waals surface area contributed by atoms with E-state index >= 15 is 0 Å². The number of hydrogen-bond acceptors (Lipinski definition) is 3. The Morgan fingerprint density at radius 3 is 2.75 bits per heavy atom. The largest absolute Gasteiger partial charge is 0.430 e. The molecular formula is C13H8F3N3O. The second-order valence-electron chi connectivity index (χ2n) is 3.96. The maximum Gasteiger partial charge on any atom is 0.387 e. The first-order chi connectivity index (χ1) is 9.65. The smallest absolute Gasteiger partial charge is 0.387 e. The topological polar surface area (TPSA) is 39.4 Å². The molecular weight excluding hydrogens is 271 g/mol. The van der Waals surface area contributed by atoms with E-state index in [0.717, 1.165) is 4.63 Å². The average molecular weight is 279 g/mol. The molecule has 2 heterocycles. The molecule has 7 heteroatoms. The van der Waals surface area contributed by atoms with E-state index in [-0.39, 0.29) is 17.0 Å². The predicted molar refractivity (Wildman–Crippen MR) is 65.0 cm³/mol. The zero-order chi connectivity index (χ0) is 14.1. The maximum atomic E-state index is 13.3. The van der Waals surface area contributed by atoms with Gasteiger partial charge in [-0.2, -0.15) is 13.9 Å². The zero-order valence-electron chi connectivity index (χ0n) is 10.0. The van der Waals surface area contributed by atoms with Crippen molar-refractivity contribution in [3.63, 3.8) is 0 Å². The standard InChI is InChI=1S/C13H8F3N3O/c14-9-4-1-3-8(7-9)11-12(20-13(15)16)10-5-2-6-17-19(10)18-11/h1-7,13H. The number of alkyl halides is 2. The summed E-state index contributed by atoms with van der Waals surface area (Å²) in [6, 6.07) is 8.59. The van der Waals surface area contributed by atoms with E-state index in [1.807, 2.05) is 0 Å². The molecule has 1 aromatic carbocycles. The molecule has 0 unspecified atom stereocenters. The fraction of sp³-hybridized carbons (Fsp3) is 0.0769. The molecule has 0 aliphatic rings. The Morgan fingerprint density at radius 2 is 2.00 bits per heavy atom. The lowest BCUT2D eigenvalue weighted by Gasteiger charge is -2.05. The highest BCUT2D eigenvalue weighted by molar-refractivity contribution is 5.77. The van der Waals surface area contributed by atoms with Crippen LogP contribution in [0.3, 0.4) is 0 Å². The van der Waals surface area contributed by atoms with Gasteiger partial charge in [0.1, 0.15) is 17.0 Å². The molecule has 3 rings (SSSR count). The Labute approximate surface area is 111 Å². The summed E-state index contributed by atoms with van der Waals surface area (Å²) in [5, 5.41) is 7.96. The molecule has 0 fully saturated rings. The molecule has 0 saturated carbocycles. The van der Waals surface area contributed by atoms with E-state index in [4.69, 9.17) is 0 Å². The van der Waals surface area contributed by atoms with Crippen molar-refractivity contribution in [1.82, 2.24) is 14.8 Å². The first kappa shape index (κ1) is 12.5. The van der Waals surface area contributed by atoms with Crippen molar-refractivity contribution in [3.05, 3.63) is 48.4 Å². The summed E-state index contributed by atoms with van der Waals surface area (Å²) in [7, 11) is 0. The van der Waals surface area contributed by atoms with Crippen LogP contribution in [0, 0.1) is 5.82 Å². The van der Waals surface area contributed by atoms with Crippen LogP contribution >= 0.6 is 0 Å². The minimum atomic E-state index is -3.00. The predicted octanol–water partition coefficient (Wildman–Crippen LogP) is 3.14. The molecule has 0 amide bonds. The molecule has 0 bridgehead atoms. The van der Waals surface area contributed by atoms with Gasteiger partial charge in [0.2, 0.25) is 0 Å².